The van der Waals surface area contributed by atoms with Crippen LogP contribution in [-0.2, 0) is 34.1 Å². The minimum Gasteiger partial charge on any atom is -0.774 e. The maximum Gasteiger partial charge on any atom is 0 e. The topological polar surface area (TPSA) is 28.2 Å². The summed E-state index contributed by atoms with van der Waals surface area (Å²) in [6, 6.07) is 24.3. The Bertz CT molecular complexity index is 1100. The maximum absolute atomic E-state index is 4.60. The number of hydrogen-bond acceptors (Lipinski definition) is 0. The summed E-state index contributed by atoms with van der Waals surface area (Å²) in [7, 11) is 0. The Labute approximate surface area is 239 Å². The van der Waals surface area contributed by atoms with Crippen molar-refractivity contribution in [3.8, 4) is 0 Å². The zero-order chi connectivity index (χ0) is 24.8. The summed E-state index contributed by atoms with van der Waals surface area (Å²) in [6.45, 7) is 24.3. The Morgan fingerprint density at radius 2 is 0.583 bits per heavy atom. The molecule has 0 bridgehead atoms. The Balaban J connectivity index is 0.000000341. The number of benzene rings is 4. The van der Waals surface area contributed by atoms with Gasteiger partial charge in [-0.05, 0) is 0 Å². The Kier molecular flexibility index (Phi) is 12.0. The van der Waals surface area contributed by atoms with Gasteiger partial charge in [-0.25, -0.2) is 49.9 Å². The monoisotopic (exact) mass is 570 g/mol. The van der Waals surface area contributed by atoms with Gasteiger partial charge in [-0.2, -0.15) is 24.3 Å². The van der Waals surface area contributed by atoms with Crippen molar-refractivity contribution < 1.29 is 34.1 Å². The first-order chi connectivity index (χ1) is 16.1. The van der Waals surface area contributed by atoms with Crippen molar-refractivity contribution in [2.24, 2.45) is 0 Å². The van der Waals surface area contributed by atoms with E-state index in [2.05, 4.69) is 66.0 Å². The van der Waals surface area contributed by atoms with Gasteiger partial charge in [0.2, 0.25) is 0 Å². The zero-order valence-corrected chi connectivity index (χ0v) is 23.1. The van der Waals surface area contributed by atoms with E-state index >= 15 is 0 Å². The summed E-state index contributed by atoms with van der Waals surface area (Å²) < 4.78 is 0. The molecule has 0 aliphatic carbocycles. The summed E-state index contributed by atoms with van der Waals surface area (Å²) in [6.07, 6.45) is 0. The molecule has 4 rings (SSSR count). The van der Waals surface area contributed by atoms with Gasteiger partial charge >= 0.3 is 0 Å². The predicted molar refractivity (Wildman–Crippen MR) is 148 cm³/mol. The molecule has 0 amide bonds. The van der Waals surface area contributed by atoms with Crippen molar-refractivity contribution in [3.05, 3.63) is 156 Å². The zero-order valence-electron chi connectivity index (χ0n) is 21.3. The molecule has 0 saturated heterocycles. The molecule has 0 aliphatic rings. The fourth-order valence-corrected chi connectivity index (χ4v) is 3.55. The summed E-state index contributed by atoms with van der Waals surface area (Å²) in [5.41, 5.74) is 12.2. The van der Waals surface area contributed by atoms with E-state index < -0.39 is 0 Å². The van der Waals surface area contributed by atoms with Crippen LogP contribution in [0.15, 0.2) is 72.8 Å². The largest absolute Gasteiger partial charge is 0.774 e. The fraction of sp³-hybridized carbons (Fsp3) is 0.125. The first-order valence-corrected chi connectivity index (χ1v) is 11.3. The molecule has 0 aromatic heterocycles. The molecule has 0 fully saturated rings. The normalized spacial score (nSPS) is 9.67. The molecule has 0 heterocycles. The van der Waals surface area contributed by atoms with E-state index in [9.17, 15) is 0 Å². The van der Waals surface area contributed by atoms with Crippen LogP contribution in [-0.4, -0.2) is 0 Å². The van der Waals surface area contributed by atoms with E-state index in [4.69, 9.17) is 0 Å². The van der Waals surface area contributed by atoms with Crippen molar-refractivity contribution >= 4 is 22.7 Å². The van der Waals surface area contributed by atoms with E-state index in [0.717, 1.165) is 45.0 Å². The molecule has 2 radical (unpaired) electrons. The van der Waals surface area contributed by atoms with E-state index in [1.807, 2.05) is 72.8 Å². The number of hydrogen-bond donors (Lipinski definition) is 0. The van der Waals surface area contributed by atoms with Crippen molar-refractivity contribution in [2.45, 2.75) is 27.7 Å². The number of rotatable bonds is 4. The Morgan fingerprint density at radius 3 is 0.750 bits per heavy atom. The van der Waals surface area contributed by atoms with Gasteiger partial charge in [0.15, 0.2) is 0 Å². The van der Waals surface area contributed by atoms with Crippen LogP contribution in [0.4, 0.5) is 22.7 Å². The van der Waals surface area contributed by atoms with Crippen LogP contribution >= 0.6 is 0 Å². The Hall–Kier alpha value is -3.00. The van der Waals surface area contributed by atoms with Crippen LogP contribution in [0.2, 0.25) is 0 Å². The van der Waals surface area contributed by atoms with Gasteiger partial charge in [-0.15, -0.1) is 46.5 Å². The molecule has 0 aliphatic heterocycles. The third-order valence-corrected chi connectivity index (χ3v) is 5.42. The summed E-state index contributed by atoms with van der Waals surface area (Å²) >= 11 is 0. The first-order valence-electron chi connectivity index (χ1n) is 11.3. The molecule has 0 saturated carbocycles. The molecule has 198 valence electrons. The van der Waals surface area contributed by atoms with Gasteiger partial charge in [0, 0.05) is 34.1 Å². The Morgan fingerprint density at radius 1 is 0.389 bits per heavy atom. The van der Waals surface area contributed by atoms with Gasteiger partial charge in [0.05, 0.1) is 0 Å². The van der Waals surface area contributed by atoms with Crippen LogP contribution in [0.3, 0.4) is 0 Å². The molecule has 4 aromatic carbocycles. The van der Waals surface area contributed by atoms with E-state index in [0.29, 0.717) is 0 Å². The van der Waals surface area contributed by atoms with Crippen molar-refractivity contribution in [2.75, 3.05) is 0 Å². The molecule has 4 heteroatoms. The molecular weight excluding hydrogens is 539 g/mol. The standard InChI is InChI=1S/2C16H16N.2Cu/c2*1-11-5-7-15(13(3)9-11)17-16-8-6-12(2)10-14(16)4;;/h2*5-10H,3-4H2,1-2H3;;/q2*-3;;. The molecule has 0 N–H and O–H groups in total. The number of nitrogens with zero attached hydrogens (tertiary/aromatic N) is 2. The van der Waals surface area contributed by atoms with Crippen LogP contribution in [0.5, 0.6) is 0 Å². The van der Waals surface area contributed by atoms with Gasteiger partial charge in [0.25, 0.3) is 0 Å². The van der Waals surface area contributed by atoms with Crippen LogP contribution in [0.1, 0.15) is 44.5 Å². The third-order valence-electron chi connectivity index (χ3n) is 5.42. The van der Waals surface area contributed by atoms with Crippen LogP contribution in [0, 0.1) is 55.4 Å². The van der Waals surface area contributed by atoms with Gasteiger partial charge in [-0.1, -0.05) is 52.0 Å². The second-order valence-electron chi connectivity index (χ2n) is 8.75. The second kappa shape index (κ2) is 13.9. The molecular formula is C32H32Cu2N2-6. The molecule has 2 nitrogen and oxygen atoms in total. The third kappa shape index (κ3) is 8.59. The summed E-state index contributed by atoms with van der Waals surface area (Å²) in [5.74, 6) is 0. The summed E-state index contributed by atoms with van der Waals surface area (Å²) in [4.78, 5) is 0. The van der Waals surface area contributed by atoms with E-state index in [1.54, 1.807) is 0 Å². The average Bonchev–Trinajstić information content (AvgIpc) is 2.76. The van der Waals surface area contributed by atoms with E-state index in [-0.39, 0.29) is 34.1 Å². The smallest absolute Gasteiger partial charge is 0 e. The average molecular weight is 572 g/mol. The molecule has 0 spiro atoms. The van der Waals surface area contributed by atoms with Crippen LogP contribution in [0.25, 0.3) is 10.6 Å². The summed E-state index contributed by atoms with van der Waals surface area (Å²) in [5, 5.41) is 9.19. The second-order valence-corrected chi connectivity index (χ2v) is 8.75. The van der Waals surface area contributed by atoms with Gasteiger partial charge in [-0.3, -0.25) is 22.7 Å². The van der Waals surface area contributed by atoms with Crippen LogP contribution < -0.4 is 0 Å². The quantitative estimate of drug-likeness (QED) is 0.172. The molecule has 0 atom stereocenters. The van der Waals surface area contributed by atoms with Crippen molar-refractivity contribution in [3.63, 3.8) is 0 Å². The SMILES string of the molecule is [CH2-]c1cc(C)ccc1[N-]c1ccc(C)cc1[CH2-].[CH2-]c1cc(C)ccc1[N-]c1ccc(C)cc1[CH2-].[Cu].[Cu]. The minimum absolute atomic E-state index is 0. The van der Waals surface area contributed by atoms with E-state index in [1.165, 1.54) is 22.3 Å². The van der Waals surface area contributed by atoms with Gasteiger partial charge in [0.1, 0.15) is 0 Å². The van der Waals surface area contributed by atoms with Gasteiger partial charge < -0.3 is 10.6 Å². The fourth-order valence-electron chi connectivity index (χ4n) is 3.55. The van der Waals surface area contributed by atoms with Crippen molar-refractivity contribution in [1.82, 2.24) is 0 Å². The maximum atomic E-state index is 4.60. The molecule has 36 heavy (non-hydrogen) atoms. The first kappa shape index (κ1) is 31.0. The minimum atomic E-state index is 0. The number of aryl methyl sites for hydroxylation is 4. The predicted octanol–water partition coefficient (Wildman–Crippen LogP) is 10.0. The molecule has 4 aromatic rings. The molecule has 0 unspecified atom stereocenters. The van der Waals surface area contributed by atoms with Crippen molar-refractivity contribution in [1.29, 1.82) is 0 Å².